The minimum Gasteiger partial charge on any atom is -0.367 e. The number of aromatic amines is 1. The normalized spacial score (nSPS) is 15.5. The van der Waals surface area contributed by atoms with Gasteiger partial charge in [0, 0.05) is 37.3 Å². The number of carbonyl (C=O) groups is 1. The van der Waals surface area contributed by atoms with Gasteiger partial charge in [0.1, 0.15) is 0 Å². The van der Waals surface area contributed by atoms with Crippen molar-refractivity contribution in [3.63, 3.8) is 0 Å². The third-order valence-electron chi connectivity index (χ3n) is 3.49. The van der Waals surface area contributed by atoms with Gasteiger partial charge in [0.05, 0.1) is 11.7 Å². The molecule has 0 bridgehead atoms. The molecule has 1 aromatic carbocycles. The summed E-state index contributed by atoms with van der Waals surface area (Å²) in [6, 6.07) is 6.09. The monoisotopic (exact) mass is 254 g/mol. The van der Waals surface area contributed by atoms with Crippen molar-refractivity contribution in [1.82, 2.24) is 15.1 Å². The van der Waals surface area contributed by atoms with Crippen molar-refractivity contribution in [2.45, 2.75) is 0 Å². The molecule has 0 unspecified atom stereocenters. The highest BCUT2D eigenvalue weighted by Crippen LogP contribution is 2.26. The van der Waals surface area contributed by atoms with Crippen LogP contribution >= 0.6 is 0 Å². The van der Waals surface area contributed by atoms with Gasteiger partial charge in [0.2, 0.25) is 0 Å². The van der Waals surface area contributed by atoms with E-state index in [4.69, 9.17) is 6.42 Å². The van der Waals surface area contributed by atoms with E-state index in [-0.39, 0.29) is 5.91 Å². The molecule has 2 heterocycles. The summed E-state index contributed by atoms with van der Waals surface area (Å²) in [6.07, 6.45) is 6.98. The van der Waals surface area contributed by atoms with Gasteiger partial charge in [-0.2, -0.15) is 5.10 Å². The predicted octanol–water partition coefficient (Wildman–Crippen LogP) is 0.845. The lowest BCUT2D eigenvalue weighted by Crippen LogP contribution is -2.48. The molecule has 0 saturated carbocycles. The number of carbonyl (C=O) groups excluding carboxylic acids is 1. The van der Waals surface area contributed by atoms with Gasteiger partial charge in [0.25, 0.3) is 5.91 Å². The van der Waals surface area contributed by atoms with Crippen LogP contribution in [-0.4, -0.2) is 47.2 Å². The summed E-state index contributed by atoms with van der Waals surface area (Å²) in [4.78, 5) is 15.4. The Morgan fingerprint density at radius 2 is 2.11 bits per heavy atom. The number of hydrogen-bond donors (Lipinski definition) is 1. The summed E-state index contributed by atoms with van der Waals surface area (Å²) in [7, 11) is 0. The van der Waals surface area contributed by atoms with Gasteiger partial charge in [0.15, 0.2) is 0 Å². The van der Waals surface area contributed by atoms with Crippen molar-refractivity contribution in [3.8, 4) is 12.3 Å². The van der Waals surface area contributed by atoms with E-state index in [0.717, 1.165) is 29.7 Å². The molecular weight excluding hydrogens is 240 g/mol. The average molecular weight is 254 g/mol. The molecule has 1 aliphatic rings. The number of nitrogens with zero attached hydrogens (tertiary/aromatic N) is 3. The maximum Gasteiger partial charge on any atom is 0.298 e. The first-order valence-corrected chi connectivity index (χ1v) is 6.22. The van der Waals surface area contributed by atoms with Crippen LogP contribution in [0.3, 0.4) is 0 Å². The number of nitrogens with one attached hydrogen (secondary N) is 1. The summed E-state index contributed by atoms with van der Waals surface area (Å²) < 4.78 is 0. The number of amides is 1. The minimum absolute atomic E-state index is 0.221. The van der Waals surface area contributed by atoms with Crippen molar-refractivity contribution < 1.29 is 4.79 Å². The largest absolute Gasteiger partial charge is 0.367 e. The van der Waals surface area contributed by atoms with Gasteiger partial charge < -0.3 is 9.80 Å². The fourth-order valence-electron chi connectivity index (χ4n) is 2.47. The van der Waals surface area contributed by atoms with Crippen LogP contribution in [0.15, 0.2) is 24.4 Å². The van der Waals surface area contributed by atoms with Crippen LogP contribution in [0.1, 0.15) is 0 Å². The summed E-state index contributed by atoms with van der Waals surface area (Å²) >= 11 is 0. The molecule has 1 aliphatic heterocycles. The molecule has 3 rings (SSSR count). The molecule has 2 aromatic rings. The molecule has 5 heteroatoms. The van der Waals surface area contributed by atoms with Crippen molar-refractivity contribution in [2.75, 3.05) is 31.1 Å². The van der Waals surface area contributed by atoms with Gasteiger partial charge in [-0.15, -0.1) is 6.42 Å². The van der Waals surface area contributed by atoms with E-state index in [0.29, 0.717) is 13.1 Å². The average Bonchev–Trinajstić information content (AvgIpc) is 2.95. The minimum atomic E-state index is -0.221. The predicted molar refractivity (Wildman–Crippen MR) is 73.7 cm³/mol. The molecule has 1 aromatic heterocycles. The SMILES string of the molecule is C#CC(=O)N1CCN(c2cccc3[nH]ncc23)CC1. The van der Waals surface area contributed by atoms with E-state index in [1.54, 1.807) is 4.90 Å². The molecule has 5 nitrogen and oxygen atoms in total. The fraction of sp³-hybridized carbons (Fsp3) is 0.286. The van der Waals surface area contributed by atoms with E-state index in [2.05, 4.69) is 27.1 Å². The molecular formula is C14H14N4O. The highest BCUT2D eigenvalue weighted by molar-refractivity contribution is 5.93. The van der Waals surface area contributed by atoms with E-state index in [1.165, 1.54) is 0 Å². The Morgan fingerprint density at radius 1 is 1.32 bits per heavy atom. The summed E-state index contributed by atoms with van der Waals surface area (Å²) in [5.41, 5.74) is 2.18. The van der Waals surface area contributed by atoms with E-state index < -0.39 is 0 Å². The Hall–Kier alpha value is -2.48. The second-order valence-electron chi connectivity index (χ2n) is 4.53. The number of benzene rings is 1. The van der Waals surface area contributed by atoms with Crippen molar-refractivity contribution in [1.29, 1.82) is 0 Å². The molecule has 0 radical (unpaired) electrons. The number of H-pyrrole nitrogens is 1. The van der Waals surface area contributed by atoms with Crippen LogP contribution in [0.2, 0.25) is 0 Å². The van der Waals surface area contributed by atoms with Crippen LogP contribution in [0.5, 0.6) is 0 Å². The fourth-order valence-corrected chi connectivity index (χ4v) is 2.47. The second kappa shape index (κ2) is 4.65. The number of anilines is 1. The van der Waals surface area contributed by atoms with Crippen molar-refractivity contribution in [3.05, 3.63) is 24.4 Å². The molecule has 96 valence electrons. The number of rotatable bonds is 1. The lowest BCUT2D eigenvalue weighted by Gasteiger charge is -2.35. The van der Waals surface area contributed by atoms with Crippen LogP contribution < -0.4 is 4.90 Å². The van der Waals surface area contributed by atoms with Crippen LogP contribution in [-0.2, 0) is 4.79 Å². The molecule has 0 aliphatic carbocycles. The molecule has 1 amide bonds. The Morgan fingerprint density at radius 3 is 2.84 bits per heavy atom. The zero-order chi connectivity index (χ0) is 13.2. The second-order valence-corrected chi connectivity index (χ2v) is 4.53. The highest BCUT2D eigenvalue weighted by atomic mass is 16.2. The Bertz CT molecular complexity index is 647. The number of aromatic nitrogens is 2. The van der Waals surface area contributed by atoms with Gasteiger partial charge in [-0.25, -0.2) is 0 Å². The molecule has 1 saturated heterocycles. The molecule has 1 fully saturated rings. The van der Waals surface area contributed by atoms with Gasteiger partial charge >= 0.3 is 0 Å². The number of fused-ring (bicyclic) bond motifs is 1. The molecule has 19 heavy (non-hydrogen) atoms. The van der Waals surface area contributed by atoms with Gasteiger partial charge in [-0.05, 0) is 18.1 Å². The van der Waals surface area contributed by atoms with Crippen molar-refractivity contribution >= 4 is 22.5 Å². The maximum absolute atomic E-state index is 11.4. The molecule has 0 atom stereocenters. The number of terminal acetylenes is 1. The zero-order valence-electron chi connectivity index (χ0n) is 10.5. The van der Waals surface area contributed by atoms with Crippen LogP contribution in [0.25, 0.3) is 10.9 Å². The number of hydrogen-bond acceptors (Lipinski definition) is 3. The Labute approximate surface area is 111 Å². The van der Waals surface area contributed by atoms with Crippen molar-refractivity contribution in [2.24, 2.45) is 0 Å². The third-order valence-corrected chi connectivity index (χ3v) is 3.49. The topological polar surface area (TPSA) is 52.2 Å². The molecule has 1 N–H and O–H groups in total. The summed E-state index contributed by atoms with van der Waals surface area (Å²) in [6.45, 7) is 2.91. The van der Waals surface area contributed by atoms with Crippen LogP contribution in [0, 0.1) is 12.3 Å². The lowest BCUT2D eigenvalue weighted by molar-refractivity contribution is -0.125. The highest BCUT2D eigenvalue weighted by Gasteiger charge is 2.21. The van der Waals surface area contributed by atoms with E-state index in [1.807, 2.05) is 18.3 Å². The van der Waals surface area contributed by atoms with E-state index in [9.17, 15) is 4.79 Å². The Balaban J connectivity index is 1.80. The van der Waals surface area contributed by atoms with Gasteiger partial charge in [-0.1, -0.05) is 6.07 Å². The summed E-state index contributed by atoms with van der Waals surface area (Å²) in [5, 5.41) is 8.15. The first-order valence-electron chi connectivity index (χ1n) is 6.22. The smallest absolute Gasteiger partial charge is 0.298 e. The zero-order valence-corrected chi connectivity index (χ0v) is 10.5. The van der Waals surface area contributed by atoms with Gasteiger partial charge in [-0.3, -0.25) is 9.89 Å². The quantitative estimate of drug-likeness (QED) is 0.767. The van der Waals surface area contributed by atoms with E-state index >= 15 is 0 Å². The third kappa shape index (κ3) is 2.02. The first kappa shape index (κ1) is 11.6. The Kier molecular flexibility index (Phi) is 2.84. The number of piperazine rings is 1. The standard InChI is InChI=1S/C14H14N4O/c1-2-14(19)18-8-6-17(7-9-18)13-5-3-4-12-11(13)10-15-16-12/h1,3-5,10H,6-9H2,(H,15,16). The maximum atomic E-state index is 11.4. The molecule has 0 spiro atoms. The summed E-state index contributed by atoms with van der Waals surface area (Å²) in [5.74, 6) is 1.95. The van der Waals surface area contributed by atoms with Crippen LogP contribution in [0.4, 0.5) is 5.69 Å². The lowest BCUT2D eigenvalue weighted by atomic mass is 10.2. The first-order chi connectivity index (χ1) is 9.29.